The van der Waals surface area contributed by atoms with E-state index in [1.165, 1.54) is 18.2 Å². The molecule has 196 valence electrons. The third kappa shape index (κ3) is 5.90. The van der Waals surface area contributed by atoms with Gasteiger partial charge in [-0.25, -0.2) is 0 Å². The van der Waals surface area contributed by atoms with Gasteiger partial charge in [-0.2, -0.15) is 9.97 Å². The number of nitrogens with one attached hydrogen (secondary N) is 2. The van der Waals surface area contributed by atoms with E-state index in [1.807, 2.05) is 12.1 Å². The van der Waals surface area contributed by atoms with E-state index >= 15 is 0 Å². The molecule has 9 heteroatoms. The van der Waals surface area contributed by atoms with Gasteiger partial charge < -0.3 is 35.9 Å². The Kier molecular flexibility index (Phi) is 8.98. The van der Waals surface area contributed by atoms with Crippen LogP contribution in [0.5, 0.6) is 6.01 Å². The van der Waals surface area contributed by atoms with Crippen molar-refractivity contribution in [3.63, 3.8) is 0 Å². The van der Waals surface area contributed by atoms with E-state index in [0.717, 1.165) is 93.5 Å². The fourth-order valence-electron chi connectivity index (χ4n) is 5.28. The van der Waals surface area contributed by atoms with Crippen LogP contribution in [0.2, 0.25) is 0 Å². The van der Waals surface area contributed by atoms with Crippen LogP contribution in [0.3, 0.4) is 0 Å². The number of hydrogen-bond acceptors (Lipinski definition) is 9. The van der Waals surface area contributed by atoms with Gasteiger partial charge in [0.25, 0.3) is 0 Å². The van der Waals surface area contributed by atoms with Gasteiger partial charge in [-0.3, -0.25) is 0 Å². The molecular formula is C27H42N8O. The molecule has 9 nitrogen and oxygen atoms in total. The van der Waals surface area contributed by atoms with Crippen molar-refractivity contribution >= 4 is 23.4 Å². The molecule has 0 bridgehead atoms. The Bertz CT molecular complexity index is 1040. The Labute approximate surface area is 215 Å². The molecular weight excluding hydrogens is 452 g/mol. The maximum Gasteiger partial charge on any atom is 0.318 e. The van der Waals surface area contributed by atoms with Crippen molar-refractivity contribution in [2.24, 2.45) is 0 Å². The highest BCUT2D eigenvalue weighted by Crippen LogP contribution is 2.35. The van der Waals surface area contributed by atoms with E-state index in [4.69, 9.17) is 25.8 Å². The van der Waals surface area contributed by atoms with Crippen LogP contribution in [0.15, 0.2) is 12.1 Å². The highest BCUT2D eigenvalue weighted by Gasteiger charge is 2.28. The molecule has 4 N–H and O–H groups in total. The number of rotatable bonds is 11. The Morgan fingerprint density at radius 3 is 2.67 bits per heavy atom. The Morgan fingerprint density at radius 1 is 1.14 bits per heavy atom. The van der Waals surface area contributed by atoms with Crippen molar-refractivity contribution in [2.45, 2.75) is 46.6 Å². The summed E-state index contributed by atoms with van der Waals surface area (Å²) in [7, 11) is 0. The standard InChI is InChI=1S/C27H42N8O/c1-4-12-33(5-2)13-6-17-36-27-31-24-19-35(25-20(3)7-8-23(29)22(25)18-28)14-9-21(24)26(32-27)34-15-10-30-11-16-34/h7-8,18,28,30H,4-6,9-17,19,29H2,1-3H3. The van der Waals surface area contributed by atoms with Crippen LogP contribution in [-0.4, -0.2) is 80.0 Å². The Balaban J connectivity index is 1.58. The zero-order valence-corrected chi connectivity index (χ0v) is 22.1. The molecule has 0 amide bonds. The second-order valence-corrected chi connectivity index (χ2v) is 9.68. The average molecular weight is 495 g/mol. The third-order valence-corrected chi connectivity index (χ3v) is 7.19. The van der Waals surface area contributed by atoms with Crippen molar-refractivity contribution in [3.8, 4) is 6.01 Å². The minimum Gasteiger partial charge on any atom is -0.463 e. The molecule has 1 aromatic heterocycles. The van der Waals surface area contributed by atoms with E-state index in [0.29, 0.717) is 24.8 Å². The van der Waals surface area contributed by atoms with E-state index in [9.17, 15) is 0 Å². The SMILES string of the molecule is CCCN(CC)CCCOc1nc2c(c(N3CCNCC3)n1)CCN(c1c(C)ccc(N)c1C=N)C2. The molecule has 0 aliphatic carbocycles. The van der Waals surface area contributed by atoms with Gasteiger partial charge in [0.2, 0.25) is 0 Å². The first kappa shape index (κ1) is 26.2. The quantitative estimate of drug-likeness (QED) is 0.249. The molecule has 0 radical (unpaired) electrons. The number of nitrogens with zero attached hydrogens (tertiary/aromatic N) is 5. The van der Waals surface area contributed by atoms with Crippen LogP contribution in [-0.2, 0) is 13.0 Å². The van der Waals surface area contributed by atoms with Crippen LogP contribution in [0.1, 0.15) is 49.1 Å². The Morgan fingerprint density at radius 2 is 1.94 bits per heavy atom. The van der Waals surface area contributed by atoms with Crippen molar-refractivity contribution in [3.05, 3.63) is 34.5 Å². The van der Waals surface area contributed by atoms with Crippen molar-refractivity contribution < 1.29 is 4.74 Å². The summed E-state index contributed by atoms with van der Waals surface area (Å²) in [5.74, 6) is 1.02. The van der Waals surface area contributed by atoms with E-state index in [2.05, 4.69) is 40.8 Å². The smallest absolute Gasteiger partial charge is 0.318 e. The molecule has 2 aromatic rings. The van der Waals surface area contributed by atoms with Crippen LogP contribution >= 0.6 is 0 Å². The van der Waals surface area contributed by atoms with Gasteiger partial charge in [0.05, 0.1) is 24.5 Å². The highest BCUT2D eigenvalue weighted by molar-refractivity contribution is 5.94. The first-order chi connectivity index (χ1) is 17.5. The summed E-state index contributed by atoms with van der Waals surface area (Å²) < 4.78 is 6.14. The van der Waals surface area contributed by atoms with E-state index in [1.54, 1.807) is 0 Å². The largest absolute Gasteiger partial charge is 0.463 e. The summed E-state index contributed by atoms with van der Waals surface area (Å²) >= 11 is 0. The maximum atomic E-state index is 7.96. The van der Waals surface area contributed by atoms with Gasteiger partial charge in [0.15, 0.2) is 0 Å². The zero-order valence-electron chi connectivity index (χ0n) is 22.1. The lowest BCUT2D eigenvalue weighted by Gasteiger charge is -2.36. The lowest BCUT2D eigenvalue weighted by Crippen LogP contribution is -2.45. The minimum absolute atomic E-state index is 0.472. The number of hydrogen-bond donors (Lipinski definition) is 3. The molecule has 0 spiro atoms. The van der Waals surface area contributed by atoms with Crippen LogP contribution in [0.25, 0.3) is 0 Å². The van der Waals surface area contributed by atoms with Gasteiger partial charge in [-0.05, 0) is 50.9 Å². The van der Waals surface area contributed by atoms with E-state index in [-0.39, 0.29) is 0 Å². The topological polar surface area (TPSA) is 107 Å². The fourth-order valence-corrected chi connectivity index (χ4v) is 5.28. The molecule has 0 unspecified atom stereocenters. The predicted molar refractivity (Wildman–Crippen MR) is 148 cm³/mol. The van der Waals surface area contributed by atoms with Crippen molar-refractivity contribution in [1.82, 2.24) is 20.2 Å². The minimum atomic E-state index is 0.472. The third-order valence-electron chi connectivity index (χ3n) is 7.19. The second-order valence-electron chi connectivity index (χ2n) is 9.68. The number of benzene rings is 1. The molecule has 1 aromatic carbocycles. The lowest BCUT2D eigenvalue weighted by atomic mass is 10.00. The summed E-state index contributed by atoms with van der Waals surface area (Å²) in [6.45, 7) is 15.6. The first-order valence-corrected chi connectivity index (χ1v) is 13.4. The molecule has 36 heavy (non-hydrogen) atoms. The first-order valence-electron chi connectivity index (χ1n) is 13.4. The number of nitrogens with two attached hydrogens (primary N) is 1. The normalized spacial score (nSPS) is 15.8. The molecule has 1 saturated heterocycles. The number of anilines is 3. The van der Waals surface area contributed by atoms with Gasteiger partial charge in [-0.1, -0.05) is 19.9 Å². The molecule has 4 rings (SSSR count). The van der Waals surface area contributed by atoms with Crippen LogP contribution in [0.4, 0.5) is 17.2 Å². The molecule has 2 aliphatic heterocycles. The number of aromatic nitrogens is 2. The average Bonchev–Trinajstić information content (AvgIpc) is 2.91. The predicted octanol–water partition coefficient (Wildman–Crippen LogP) is 2.84. The molecule has 0 atom stereocenters. The van der Waals surface area contributed by atoms with Gasteiger partial charge in [0, 0.05) is 62.3 Å². The summed E-state index contributed by atoms with van der Waals surface area (Å²) in [6.07, 6.45) is 4.34. The van der Waals surface area contributed by atoms with Crippen LogP contribution < -0.4 is 25.6 Å². The summed E-state index contributed by atoms with van der Waals surface area (Å²) in [4.78, 5) is 17.0. The number of piperazine rings is 1. The fraction of sp³-hybridized carbons (Fsp3) is 0.593. The van der Waals surface area contributed by atoms with Gasteiger partial charge in [-0.15, -0.1) is 0 Å². The zero-order chi connectivity index (χ0) is 25.5. The molecule has 1 fully saturated rings. The molecule has 0 saturated carbocycles. The number of aryl methyl sites for hydroxylation is 1. The van der Waals surface area contributed by atoms with Crippen molar-refractivity contribution in [2.75, 3.05) is 74.5 Å². The number of ether oxygens (including phenoxy) is 1. The maximum absolute atomic E-state index is 7.96. The monoisotopic (exact) mass is 494 g/mol. The molecule has 2 aliphatic rings. The highest BCUT2D eigenvalue weighted by atomic mass is 16.5. The summed E-state index contributed by atoms with van der Waals surface area (Å²) in [6, 6.07) is 4.39. The molecule has 3 heterocycles. The van der Waals surface area contributed by atoms with E-state index < -0.39 is 0 Å². The summed E-state index contributed by atoms with van der Waals surface area (Å²) in [5, 5.41) is 11.4. The number of nitrogen functional groups attached to an aromatic ring is 1. The van der Waals surface area contributed by atoms with Crippen molar-refractivity contribution in [1.29, 1.82) is 5.41 Å². The second kappa shape index (κ2) is 12.4. The van der Waals surface area contributed by atoms with Gasteiger partial charge >= 0.3 is 6.01 Å². The summed E-state index contributed by atoms with van der Waals surface area (Å²) in [5.41, 5.74) is 12.0. The van der Waals surface area contributed by atoms with Crippen LogP contribution in [0, 0.1) is 12.3 Å². The number of fused-ring (bicyclic) bond motifs is 1. The van der Waals surface area contributed by atoms with Gasteiger partial charge in [0.1, 0.15) is 5.82 Å². The Hall–Kier alpha value is -2.91. The lowest BCUT2D eigenvalue weighted by molar-refractivity contribution is 0.232.